The fourth-order valence-electron chi connectivity index (χ4n) is 2.58. The Morgan fingerprint density at radius 3 is 2.37 bits per heavy atom. The van der Waals surface area contributed by atoms with Gasteiger partial charge in [-0.2, -0.15) is 0 Å². The molecule has 2 rings (SSSR count). The van der Waals surface area contributed by atoms with Crippen molar-refractivity contribution in [3.8, 4) is 5.75 Å². The van der Waals surface area contributed by atoms with Gasteiger partial charge in [0.1, 0.15) is 18.1 Å². The molecular formula is C22H29FN4O3. The average Bonchev–Trinajstić information content (AvgIpc) is 2.71. The molecule has 162 valence electrons. The van der Waals surface area contributed by atoms with Crippen molar-refractivity contribution in [2.75, 3.05) is 25.0 Å². The largest absolute Gasteiger partial charge is 0.491 e. The quantitative estimate of drug-likeness (QED) is 0.373. The fourth-order valence-corrected chi connectivity index (χ4v) is 2.58. The smallest absolute Gasteiger partial charge is 0.246 e. The molecule has 0 saturated carbocycles. The molecule has 0 saturated heterocycles. The summed E-state index contributed by atoms with van der Waals surface area (Å²) >= 11 is 0. The van der Waals surface area contributed by atoms with Crippen molar-refractivity contribution in [2.45, 2.75) is 33.0 Å². The number of nitrogens with zero attached hydrogens (tertiary/aromatic N) is 1. The lowest BCUT2D eigenvalue weighted by atomic mass is 10.1. The highest BCUT2D eigenvalue weighted by atomic mass is 19.1. The Morgan fingerprint density at radius 2 is 1.77 bits per heavy atom. The summed E-state index contributed by atoms with van der Waals surface area (Å²) in [5.41, 5.74) is 1.23. The number of aliphatic hydroxyl groups excluding tert-OH is 1. The van der Waals surface area contributed by atoms with E-state index in [1.54, 1.807) is 0 Å². The summed E-state index contributed by atoms with van der Waals surface area (Å²) in [5.74, 6) is 0.451. The molecule has 4 N–H and O–H groups in total. The minimum atomic E-state index is -0.755. The SMILES string of the molecule is CCNC(=NCC(=O)Nc1ccc(F)cc1)NCC(O)c1ccc(OC(C)C)cc1. The van der Waals surface area contributed by atoms with Gasteiger partial charge in [0.2, 0.25) is 5.91 Å². The Bertz CT molecular complexity index is 823. The molecule has 1 atom stereocenters. The van der Waals surface area contributed by atoms with E-state index in [0.717, 1.165) is 11.3 Å². The third kappa shape index (κ3) is 8.08. The van der Waals surface area contributed by atoms with Gasteiger partial charge in [0.25, 0.3) is 0 Å². The maximum Gasteiger partial charge on any atom is 0.246 e. The summed E-state index contributed by atoms with van der Waals surface area (Å²) in [6.07, 6.45) is -0.670. The van der Waals surface area contributed by atoms with E-state index in [0.29, 0.717) is 18.2 Å². The number of benzene rings is 2. The minimum Gasteiger partial charge on any atom is -0.491 e. The topological polar surface area (TPSA) is 95.0 Å². The van der Waals surface area contributed by atoms with Crippen LogP contribution in [0.15, 0.2) is 53.5 Å². The number of aliphatic imine (C=N–C) groups is 1. The van der Waals surface area contributed by atoms with Crippen molar-refractivity contribution >= 4 is 17.6 Å². The van der Waals surface area contributed by atoms with E-state index >= 15 is 0 Å². The number of aliphatic hydroxyl groups is 1. The zero-order valence-corrected chi connectivity index (χ0v) is 17.5. The highest BCUT2D eigenvalue weighted by molar-refractivity contribution is 5.94. The molecule has 8 heteroatoms. The van der Waals surface area contributed by atoms with Crippen LogP contribution >= 0.6 is 0 Å². The lowest BCUT2D eigenvalue weighted by Crippen LogP contribution is -2.40. The Hall–Kier alpha value is -3.13. The first-order valence-electron chi connectivity index (χ1n) is 9.89. The van der Waals surface area contributed by atoms with E-state index < -0.39 is 6.10 Å². The summed E-state index contributed by atoms with van der Waals surface area (Å²) in [5, 5.41) is 19.1. The summed E-state index contributed by atoms with van der Waals surface area (Å²) in [6, 6.07) is 12.8. The number of nitrogens with one attached hydrogen (secondary N) is 3. The van der Waals surface area contributed by atoms with Crippen LogP contribution in [-0.4, -0.2) is 42.7 Å². The number of halogens is 1. The number of rotatable bonds is 9. The number of carbonyl (C=O) groups excluding carboxylic acids is 1. The second kappa shape index (κ2) is 11.8. The zero-order chi connectivity index (χ0) is 21.9. The van der Waals surface area contributed by atoms with Crippen LogP contribution in [0.2, 0.25) is 0 Å². The molecule has 0 aliphatic heterocycles. The Kier molecular flexibility index (Phi) is 9.08. The van der Waals surface area contributed by atoms with Crippen molar-refractivity contribution in [2.24, 2.45) is 4.99 Å². The Labute approximate surface area is 176 Å². The van der Waals surface area contributed by atoms with Crippen LogP contribution in [0.5, 0.6) is 5.75 Å². The second-order valence-corrected chi connectivity index (χ2v) is 6.88. The summed E-state index contributed by atoms with van der Waals surface area (Å²) in [6.45, 7) is 6.50. The van der Waals surface area contributed by atoms with Gasteiger partial charge in [-0.25, -0.2) is 9.38 Å². The molecule has 30 heavy (non-hydrogen) atoms. The molecule has 1 unspecified atom stereocenters. The molecule has 2 aromatic carbocycles. The van der Waals surface area contributed by atoms with E-state index in [2.05, 4.69) is 20.9 Å². The lowest BCUT2D eigenvalue weighted by Gasteiger charge is -2.16. The maximum absolute atomic E-state index is 12.9. The van der Waals surface area contributed by atoms with Crippen molar-refractivity contribution in [3.63, 3.8) is 0 Å². The van der Waals surface area contributed by atoms with Crippen LogP contribution in [-0.2, 0) is 4.79 Å². The van der Waals surface area contributed by atoms with Crippen LogP contribution in [0.25, 0.3) is 0 Å². The van der Waals surface area contributed by atoms with Crippen LogP contribution in [0.4, 0.5) is 10.1 Å². The third-order valence-electron chi connectivity index (χ3n) is 3.95. The van der Waals surface area contributed by atoms with Gasteiger partial charge < -0.3 is 25.8 Å². The molecule has 2 aromatic rings. The van der Waals surface area contributed by atoms with Crippen molar-refractivity contribution in [1.29, 1.82) is 0 Å². The predicted molar refractivity (Wildman–Crippen MR) is 116 cm³/mol. The second-order valence-electron chi connectivity index (χ2n) is 6.88. The lowest BCUT2D eigenvalue weighted by molar-refractivity contribution is -0.114. The van der Waals surface area contributed by atoms with Crippen LogP contribution in [0, 0.1) is 5.82 Å². The Balaban J connectivity index is 1.87. The highest BCUT2D eigenvalue weighted by Gasteiger charge is 2.10. The number of hydrogen-bond donors (Lipinski definition) is 4. The first kappa shape index (κ1) is 23.2. The maximum atomic E-state index is 12.9. The van der Waals surface area contributed by atoms with E-state index in [1.165, 1.54) is 24.3 Å². The first-order valence-corrected chi connectivity index (χ1v) is 9.89. The zero-order valence-electron chi connectivity index (χ0n) is 17.5. The number of hydrogen-bond acceptors (Lipinski definition) is 4. The van der Waals surface area contributed by atoms with E-state index in [9.17, 15) is 14.3 Å². The van der Waals surface area contributed by atoms with Crippen LogP contribution in [0.3, 0.4) is 0 Å². The summed E-state index contributed by atoms with van der Waals surface area (Å²) in [4.78, 5) is 16.3. The standard InChI is InChI=1S/C22H29FN4O3/c1-4-24-22(26-14-21(29)27-18-9-7-17(23)8-10-18)25-13-20(28)16-5-11-19(12-6-16)30-15(2)3/h5-12,15,20,28H,4,13-14H2,1-3H3,(H,27,29)(H2,24,25,26). The van der Waals surface area contributed by atoms with Gasteiger partial charge in [-0.1, -0.05) is 12.1 Å². The van der Waals surface area contributed by atoms with Gasteiger partial charge in [-0.05, 0) is 62.7 Å². The predicted octanol–water partition coefficient (Wildman–Crippen LogP) is 2.84. The molecular weight excluding hydrogens is 387 g/mol. The third-order valence-corrected chi connectivity index (χ3v) is 3.95. The normalized spacial score (nSPS) is 12.4. The monoisotopic (exact) mass is 416 g/mol. The Morgan fingerprint density at radius 1 is 1.10 bits per heavy atom. The average molecular weight is 416 g/mol. The molecule has 0 aliphatic carbocycles. The molecule has 0 heterocycles. The minimum absolute atomic E-state index is 0.0848. The molecule has 0 aromatic heterocycles. The molecule has 0 radical (unpaired) electrons. The number of amides is 1. The highest BCUT2D eigenvalue weighted by Crippen LogP contribution is 2.18. The molecule has 0 aliphatic rings. The number of guanidine groups is 1. The molecule has 7 nitrogen and oxygen atoms in total. The van der Waals surface area contributed by atoms with E-state index in [1.807, 2.05) is 45.0 Å². The number of anilines is 1. The number of carbonyl (C=O) groups is 1. The van der Waals surface area contributed by atoms with Crippen molar-refractivity contribution in [3.05, 3.63) is 59.9 Å². The molecule has 0 bridgehead atoms. The first-order chi connectivity index (χ1) is 14.4. The van der Waals surface area contributed by atoms with Gasteiger partial charge >= 0.3 is 0 Å². The molecule has 0 fully saturated rings. The molecule has 0 spiro atoms. The van der Waals surface area contributed by atoms with Crippen LogP contribution in [0.1, 0.15) is 32.4 Å². The van der Waals surface area contributed by atoms with Gasteiger partial charge in [0.05, 0.1) is 12.2 Å². The van der Waals surface area contributed by atoms with Gasteiger partial charge in [-0.15, -0.1) is 0 Å². The summed E-state index contributed by atoms with van der Waals surface area (Å²) < 4.78 is 18.5. The number of ether oxygens (including phenoxy) is 1. The van der Waals surface area contributed by atoms with E-state index in [4.69, 9.17) is 4.74 Å². The van der Waals surface area contributed by atoms with Gasteiger partial charge in [-0.3, -0.25) is 4.79 Å². The van der Waals surface area contributed by atoms with Gasteiger partial charge in [0.15, 0.2) is 5.96 Å². The molecule has 1 amide bonds. The van der Waals surface area contributed by atoms with Gasteiger partial charge in [0, 0.05) is 18.8 Å². The van der Waals surface area contributed by atoms with Crippen molar-refractivity contribution < 1.29 is 19.0 Å². The fraction of sp³-hybridized carbons (Fsp3) is 0.364. The summed E-state index contributed by atoms with van der Waals surface area (Å²) in [7, 11) is 0. The van der Waals surface area contributed by atoms with Crippen LogP contribution < -0.4 is 20.7 Å². The van der Waals surface area contributed by atoms with Crippen molar-refractivity contribution in [1.82, 2.24) is 10.6 Å². The van der Waals surface area contributed by atoms with E-state index in [-0.39, 0.29) is 30.9 Å².